The van der Waals surface area contributed by atoms with E-state index in [-0.39, 0.29) is 18.4 Å². The average molecular weight is 336 g/mol. The Labute approximate surface area is 145 Å². The van der Waals surface area contributed by atoms with Crippen LogP contribution in [0.5, 0.6) is 0 Å². The Morgan fingerprint density at radius 3 is 2.92 bits per heavy atom. The van der Waals surface area contributed by atoms with Crippen LogP contribution >= 0.6 is 0 Å². The van der Waals surface area contributed by atoms with Gasteiger partial charge in [0.15, 0.2) is 0 Å². The van der Waals surface area contributed by atoms with Crippen LogP contribution in [0.3, 0.4) is 0 Å². The number of pyridine rings is 1. The van der Waals surface area contributed by atoms with Crippen LogP contribution in [0.1, 0.15) is 38.0 Å². The smallest absolute Gasteiger partial charge is 0.247 e. The number of amides is 1. The minimum atomic E-state index is -0.0511. The molecule has 25 heavy (non-hydrogen) atoms. The number of rotatable bonds is 4. The molecule has 0 unspecified atom stereocenters. The third-order valence-electron chi connectivity index (χ3n) is 4.60. The van der Waals surface area contributed by atoms with E-state index in [0.717, 1.165) is 29.3 Å². The zero-order valence-corrected chi connectivity index (χ0v) is 13.9. The molecule has 1 N–H and O–H groups in total. The van der Waals surface area contributed by atoms with Crippen molar-refractivity contribution >= 4 is 16.8 Å². The first kappa shape index (κ1) is 15.7. The van der Waals surface area contributed by atoms with Crippen molar-refractivity contribution < 1.29 is 9.21 Å². The molecular weight excluding hydrogens is 316 g/mol. The molecule has 0 atom stereocenters. The molecule has 0 radical (unpaired) electrons. The quantitative estimate of drug-likeness (QED) is 0.791. The zero-order chi connectivity index (χ0) is 17.1. The molecule has 1 aromatic carbocycles. The van der Waals surface area contributed by atoms with E-state index in [1.54, 1.807) is 6.20 Å². The van der Waals surface area contributed by atoms with Gasteiger partial charge in [-0.05, 0) is 37.1 Å². The third kappa shape index (κ3) is 3.68. The van der Waals surface area contributed by atoms with Crippen LogP contribution in [0.15, 0.2) is 40.9 Å². The highest BCUT2D eigenvalue weighted by Crippen LogP contribution is 2.22. The van der Waals surface area contributed by atoms with E-state index in [0.29, 0.717) is 11.8 Å². The molecule has 128 valence electrons. The number of benzene rings is 1. The molecule has 0 saturated heterocycles. The van der Waals surface area contributed by atoms with Crippen molar-refractivity contribution in [3.05, 3.63) is 42.4 Å². The van der Waals surface area contributed by atoms with Gasteiger partial charge in [-0.15, -0.1) is 10.2 Å². The Hall–Kier alpha value is -2.76. The Balaban J connectivity index is 1.44. The summed E-state index contributed by atoms with van der Waals surface area (Å²) in [4.78, 5) is 16.5. The van der Waals surface area contributed by atoms with Crippen LogP contribution in [0.4, 0.5) is 0 Å². The first-order valence-corrected chi connectivity index (χ1v) is 8.75. The van der Waals surface area contributed by atoms with Crippen LogP contribution in [0.25, 0.3) is 22.4 Å². The van der Waals surface area contributed by atoms with E-state index < -0.39 is 0 Å². The van der Waals surface area contributed by atoms with Gasteiger partial charge in [0.25, 0.3) is 0 Å². The topological polar surface area (TPSA) is 80.9 Å². The molecule has 4 rings (SSSR count). The van der Waals surface area contributed by atoms with Gasteiger partial charge in [0, 0.05) is 23.2 Å². The van der Waals surface area contributed by atoms with E-state index in [2.05, 4.69) is 20.5 Å². The lowest BCUT2D eigenvalue weighted by molar-refractivity contribution is -0.121. The normalized spacial score (nSPS) is 15.4. The Morgan fingerprint density at radius 1 is 1.16 bits per heavy atom. The van der Waals surface area contributed by atoms with E-state index in [4.69, 9.17) is 4.42 Å². The molecular formula is C19H20N4O2. The number of carbonyl (C=O) groups is 1. The van der Waals surface area contributed by atoms with Gasteiger partial charge < -0.3 is 9.73 Å². The lowest BCUT2D eigenvalue weighted by Crippen LogP contribution is -2.37. The summed E-state index contributed by atoms with van der Waals surface area (Å²) in [5, 5.41) is 12.2. The highest BCUT2D eigenvalue weighted by Gasteiger charge is 2.18. The molecule has 1 amide bonds. The number of nitrogens with zero attached hydrogens (tertiary/aromatic N) is 3. The molecule has 0 aliphatic heterocycles. The van der Waals surface area contributed by atoms with Gasteiger partial charge in [-0.2, -0.15) is 0 Å². The standard InChI is InChI=1S/C19H20N4O2/c24-17(21-15-6-2-1-3-7-15)12-18-22-23-19(25-18)14-8-9-16-13(11-14)5-4-10-20-16/h4-5,8-11,15H,1-3,6-7,12H2,(H,21,24). The molecule has 2 aromatic heterocycles. The second-order valence-electron chi connectivity index (χ2n) is 6.49. The first-order chi connectivity index (χ1) is 12.3. The summed E-state index contributed by atoms with van der Waals surface area (Å²) in [6, 6.07) is 9.94. The summed E-state index contributed by atoms with van der Waals surface area (Å²) < 4.78 is 5.67. The van der Waals surface area contributed by atoms with Crippen molar-refractivity contribution in [1.29, 1.82) is 0 Å². The van der Waals surface area contributed by atoms with Gasteiger partial charge in [-0.25, -0.2) is 0 Å². The molecule has 6 heteroatoms. The maximum absolute atomic E-state index is 12.2. The van der Waals surface area contributed by atoms with Crippen LogP contribution in [0.2, 0.25) is 0 Å². The van der Waals surface area contributed by atoms with E-state index in [9.17, 15) is 4.79 Å². The summed E-state index contributed by atoms with van der Waals surface area (Å²) in [6.45, 7) is 0. The summed E-state index contributed by atoms with van der Waals surface area (Å²) in [5.74, 6) is 0.714. The molecule has 1 aliphatic carbocycles. The third-order valence-corrected chi connectivity index (χ3v) is 4.60. The zero-order valence-electron chi connectivity index (χ0n) is 13.9. The lowest BCUT2D eigenvalue weighted by atomic mass is 9.95. The molecule has 1 saturated carbocycles. The van der Waals surface area contributed by atoms with Crippen molar-refractivity contribution in [3.63, 3.8) is 0 Å². The lowest BCUT2D eigenvalue weighted by Gasteiger charge is -2.22. The molecule has 3 aromatic rings. The van der Waals surface area contributed by atoms with Crippen molar-refractivity contribution in [3.8, 4) is 11.5 Å². The highest BCUT2D eigenvalue weighted by molar-refractivity contribution is 5.82. The van der Waals surface area contributed by atoms with Crippen molar-refractivity contribution in [2.24, 2.45) is 0 Å². The first-order valence-electron chi connectivity index (χ1n) is 8.75. The number of carbonyl (C=O) groups excluding carboxylic acids is 1. The fraction of sp³-hybridized carbons (Fsp3) is 0.368. The number of aromatic nitrogens is 3. The molecule has 2 heterocycles. The molecule has 1 aliphatic rings. The van der Waals surface area contributed by atoms with Gasteiger partial charge in [0.1, 0.15) is 6.42 Å². The monoisotopic (exact) mass is 336 g/mol. The molecule has 6 nitrogen and oxygen atoms in total. The fourth-order valence-electron chi connectivity index (χ4n) is 3.31. The minimum absolute atomic E-state index is 0.0511. The fourth-order valence-corrected chi connectivity index (χ4v) is 3.31. The van der Waals surface area contributed by atoms with Crippen molar-refractivity contribution in [2.75, 3.05) is 0 Å². The van der Waals surface area contributed by atoms with Crippen LogP contribution in [-0.2, 0) is 11.2 Å². The maximum atomic E-state index is 12.2. The Kier molecular flexibility index (Phi) is 4.41. The van der Waals surface area contributed by atoms with Gasteiger partial charge in [0.2, 0.25) is 17.7 Å². The second-order valence-corrected chi connectivity index (χ2v) is 6.49. The van der Waals surface area contributed by atoms with Gasteiger partial charge in [0.05, 0.1) is 5.52 Å². The summed E-state index contributed by atoms with van der Waals surface area (Å²) >= 11 is 0. The molecule has 0 bridgehead atoms. The summed E-state index contributed by atoms with van der Waals surface area (Å²) in [7, 11) is 0. The van der Waals surface area contributed by atoms with Crippen molar-refractivity contribution in [2.45, 2.75) is 44.6 Å². The van der Waals surface area contributed by atoms with Gasteiger partial charge >= 0.3 is 0 Å². The highest BCUT2D eigenvalue weighted by atomic mass is 16.4. The van der Waals surface area contributed by atoms with Crippen molar-refractivity contribution in [1.82, 2.24) is 20.5 Å². The molecule has 0 spiro atoms. The van der Waals surface area contributed by atoms with E-state index in [1.807, 2.05) is 30.3 Å². The van der Waals surface area contributed by atoms with Gasteiger partial charge in [-0.1, -0.05) is 25.3 Å². The summed E-state index contributed by atoms with van der Waals surface area (Å²) in [5.41, 5.74) is 1.74. The SMILES string of the molecule is O=C(Cc1nnc(-c2ccc3ncccc3c2)o1)NC1CCCCC1. The van der Waals surface area contributed by atoms with E-state index in [1.165, 1.54) is 19.3 Å². The number of hydrogen-bond donors (Lipinski definition) is 1. The van der Waals surface area contributed by atoms with E-state index >= 15 is 0 Å². The largest absolute Gasteiger partial charge is 0.420 e. The molecule has 1 fully saturated rings. The number of fused-ring (bicyclic) bond motifs is 1. The number of hydrogen-bond acceptors (Lipinski definition) is 5. The number of nitrogens with one attached hydrogen (secondary N) is 1. The second kappa shape index (κ2) is 7.01. The Morgan fingerprint density at radius 2 is 2.04 bits per heavy atom. The Bertz CT molecular complexity index is 884. The van der Waals surface area contributed by atoms with Crippen LogP contribution in [0, 0.1) is 0 Å². The van der Waals surface area contributed by atoms with Crippen LogP contribution < -0.4 is 5.32 Å². The maximum Gasteiger partial charge on any atom is 0.247 e. The predicted octanol–water partition coefficient (Wildman–Crippen LogP) is 3.28. The minimum Gasteiger partial charge on any atom is -0.420 e. The average Bonchev–Trinajstić information content (AvgIpc) is 3.10. The van der Waals surface area contributed by atoms with Gasteiger partial charge in [-0.3, -0.25) is 9.78 Å². The van der Waals surface area contributed by atoms with Crippen LogP contribution in [-0.4, -0.2) is 27.1 Å². The summed E-state index contributed by atoms with van der Waals surface area (Å²) in [6.07, 6.45) is 7.65. The predicted molar refractivity (Wildman–Crippen MR) is 93.8 cm³/mol.